The fourth-order valence-corrected chi connectivity index (χ4v) is 4.98. The second-order valence-electron chi connectivity index (χ2n) is 8.29. The predicted octanol–water partition coefficient (Wildman–Crippen LogP) is 3.34. The van der Waals surface area contributed by atoms with Crippen LogP contribution < -0.4 is 10.1 Å². The molecule has 1 atom stereocenters. The molecular weight excluding hydrogens is 388 g/mol. The number of hydrogen-bond acceptors (Lipinski definition) is 6. The van der Waals surface area contributed by atoms with E-state index in [1.807, 2.05) is 24.3 Å². The topological polar surface area (TPSA) is 71.0 Å². The van der Waals surface area contributed by atoms with Crippen molar-refractivity contribution in [3.8, 4) is 5.75 Å². The minimum absolute atomic E-state index is 0.00844. The first-order valence-electron chi connectivity index (χ1n) is 10.4. The lowest BCUT2D eigenvalue weighted by Gasteiger charge is -2.29. The molecule has 0 saturated heterocycles. The molecule has 2 N–H and O–H groups in total. The van der Waals surface area contributed by atoms with Crippen molar-refractivity contribution < 1.29 is 19.4 Å². The van der Waals surface area contributed by atoms with Gasteiger partial charge in [0.1, 0.15) is 5.75 Å². The molecule has 0 heterocycles. The smallest absolute Gasteiger partial charge is 0.228 e. The van der Waals surface area contributed by atoms with Crippen LogP contribution in [-0.4, -0.2) is 61.9 Å². The zero-order valence-corrected chi connectivity index (χ0v) is 19.0. The summed E-state index contributed by atoms with van der Waals surface area (Å²) in [5.41, 5.74) is -0.427. The third-order valence-electron chi connectivity index (χ3n) is 5.24. The molecule has 1 aliphatic carbocycles. The summed E-state index contributed by atoms with van der Waals surface area (Å²) in [6, 6.07) is 7.89. The van der Waals surface area contributed by atoms with E-state index in [2.05, 4.69) is 23.5 Å². The van der Waals surface area contributed by atoms with Gasteiger partial charge in [-0.25, -0.2) is 4.31 Å². The molecule has 0 radical (unpaired) electrons. The van der Waals surface area contributed by atoms with Crippen molar-refractivity contribution in [3.05, 3.63) is 24.3 Å². The van der Waals surface area contributed by atoms with Gasteiger partial charge < -0.3 is 19.9 Å². The Bertz CT molecular complexity index is 618. The molecule has 1 fully saturated rings. The number of methoxy groups -OCH3 is 2. The van der Waals surface area contributed by atoms with E-state index in [1.54, 1.807) is 26.2 Å². The summed E-state index contributed by atoms with van der Waals surface area (Å²) in [6.45, 7) is 6.33. The van der Waals surface area contributed by atoms with Gasteiger partial charge in [0, 0.05) is 31.6 Å². The molecule has 0 aliphatic heterocycles. The van der Waals surface area contributed by atoms with Crippen molar-refractivity contribution in [2.45, 2.75) is 50.5 Å². The first kappa shape index (κ1) is 24.0. The normalized spacial score (nSPS) is 16.9. The lowest BCUT2D eigenvalue weighted by Crippen LogP contribution is -2.46. The van der Waals surface area contributed by atoms with Gasteiger partial charge in [0.05, 0.1) is 25.2 Å². The average molecular weight is 425 g/mol. The van der Waals surface area contributed by atoms with Crippen LogP contribution in [0.5, 0.6) is 5.75 Å². The van der Waals surface area contributed by atoms with Gasteiger partial charge in [0.25, 0.3) is 0 Å². The third kappa shape index (κ3) is 7.48. The van der Waals surface area contributed by atoms with E-state index in [0.717, 1.165) is 42.9 Å². The molecule has 1 aromatic rings. The second kappa shape index (κ2) is 11.8. The van der Waals surface area contributed by atoms with Crippen LogP contribution in [0, 0.1) is 11.3 Å². The Hall–Kier alpha value is -1.28. The Balaban J connectivity index is 1.89. The van der Waals surface area contributed by atoms with Crippen molar-refractivity contribution >= 4 is 17.9 Å². The molecular formula is C22H36N2O4S. The Kier molecular flexibility index (Phi) is 9.75. The van der Waals surface area contributed by atoms with E-state index in [4.69, 9.17) is 9.47 Å². The van der Waals surface area contributed by atoms with Gasteiger partial charge in [0.2, 0.25) is 5.91 Å². The Labute approximate surface area is 179 Å². The highest BCUT2D eigenvalue weighted by Crippen LogP contribution is 2.38. The molecule has 1 aromatic carbocycles. The summed E-state index contributed by atoms with van der Waals surface area (Å²) in [7, 11) is 3.29. The molecule has 29 heavy (non-hydrogen) atoms. The van der Waals surface area contributed by atoms with Crippen LogP contribution in [0.15, 0.2) is 29.2 Å². The highest BCUT2D eigenvalue weighted by molar-refractivity contribution is 7.97. The minimum atomic E-state index is -0.635. The number of nitrogens with one attached hydrogen (secondary N) is 1. The van der Waals surface area contributed by atoms with Crippen molar-refractivity contribution in [2.75, 3.05) is 40.5 Å². The van der Waals surface area contributed by atoms with E-state index in [9.17, 15) is 9.90 Å². The van der Waals surface area contributed by atoms with Gasteiger partial charge >= 0.3 is 0 Å². The standard InChI is InChI=1S/C22H36N2O4S/c1-17(2)14-24(29-20-9-7-19(28-4)8-10-20)15-18(25)13-23-21(26)22(16-27-3)11-5-6-12-22/h7-10,17-18,25H,5-6,11-16H2,1-4H3,(H,23,26). The Morgan fingerprint density at radius 2 is 1.86 bits per heavy atom. The van der Waals surface area contributed by atoms with E-state index < -0.39 is 11.5 Å². The lowest BCUT2D eigenvalue weighted by molar-refractivity contribution is -0.134. The van der Waals surface area contributed by atoms with Crippen LogP contribution >= 0.6 is 11.9 Å². The van der Waals surface area contributed by atoms with Crippen molar-refractivity contribution in [1.82, 2.24) is 9.62 Å². The number of benzene rings is 1. The number of carbonyl (C=O) groups is 1. The molecule has 0 aromatic heterocycles. The van der Waals surface area contributed by atoms with E-state index in [1.165, 1.54) is 0 Å². The first-order chi connectivity index (χ1) is 13.9. The van der Waals surface area contributed by atoms with Crippen LogP contribution in [0.3, 0.4) is 0 Å². The van der Waals surface area contributed by atoms with Gasteiger partial charge in [-0.15, -0.1) is 0 Å². The Morgan fingerprint density at radius 1 is 1.21 bits per heavy atom. The van der Waals surface area contributed by atoms with Crippen LogP contribution in [0.4, 0.5) is 0 Å². The number of aliphatic hydroxyl groups is 1. The van der Waals surface area contributed by atoms with Crippen LogP contribution in [0.1, 0.15) is 39.5 Å². The fourth-order valence-electron chi connectivity index (χ4n) is 3.80. The summed E-state index contributed by atoms with van der Waals surface area (Å²) in [4.78, 5) is 13.8. The van der Waals surface area contributed by atoms with E-state index in [-0.39, 0.29) is 12.5 Å². The third-order valence-corrected chi connectivity index (χ3v) is 6.28. The first-order valence-corrected chi connectivity index (χ1v) is 11.2. The van der Waals surface area contributed by atoms with Crippen molar-refractivity contribution in [1.29, 1.82) is 0 Å². The zero-order valence-electron chi connectivity index (χ0n) is 18.1. The summed E-state index contributed by atoms with van der Waals surface area (Å²) < 4.78 is 12.7. The fraction of sp³-hybridized carbons (Fsp3) is 0.682. The maximum Gasteiger partial charge on any atom is 0.228 e. The predicted molar refractivity (Wildman–Crippen MR) is 117 cm³/mol. The molecule has 7 heteroatoms. The van der Waals surface area contributed by atoms with Crippen LogP contribution in [0.25, 0.3) is 0 Å². The second-order valence-corrected chi connectivity index (χ2v) is 9.46. The van der Waals surface area contributed by atoms with Gasteiger partial charge in [-0.1, -0.05) is 26.7 Å². The molecule has 1 saturated carbocycles. The highest BCUT2D eigenvalue weighted by atomic mass is 32.2. The lowest BCUT2D eigenvalue weighted by atomic mass is 9.86. The zero-order chi connectivity index (χ0) is 21.3. The van der Waals surface area contributed by atoms with Gasteiger partial charge in [-0.3, -0.25) is 4.79 Å². The SMILES string of the molecule is COCC1(C(=O)NCC(O)CN(CC(C)C)Sc2ccc(OC)cc2)CCCC1. The van der Waals surface area contributed by atoms with E-state index >= 15 is 0 Å². The van der Waals surface area contributed by atoms with Gasteiger partial charge in [-0.05, 0) is 55.0 Å². The quantitative estimate of drug-likeness (QED) is 0.502. The number of rotatable bonds is 12. The van der Waals surface area contributed by atoms with Crippen molar-refractivity contribution in [3.63, 3.8) is 0 Å². The molecule has 1 aliphatic rings. The molecule has 1 unspecified atom stereocenters. The number of nitrogens with zero attached hydrogens (tertiary/aromatic N) is 1. The number of carbonyl (C=O) groups excluding carboxylic acids is 1. The maximum atomic E-state index is 12.7. The number of aliphatic hydroxyl groups excluding tert-OH is 1. The molecule has 6 nitrogen and oxygen atoms in total. The summed E-state index contributed by atoms with van der Waals surface area (Å²) in [5.74, 6) is 1.30. The monoisotopic (exact) mass is 424 g/mol. The molecule has 0 bridgehead atoms. The molecule has 164 valence electrons. The molecule has 0 spiro atoms. The largest absolute Gasteiger partial charge is 0.497 e. The van der Waals surface area contributed by atoms with Gasteiger partial charge in [-0.2, -0.15) is 0 Å². The van der Waals surface area contributed by atoms with Gasteiger partial charge in [0.15, 0.2) is 0 Å². The van der Waals surface area contributed by atoms with E-state index in [0.29, 0.717) is 19.1 Å². The summed E-state index contributed by atoms with van der Waals surface area (Å²) in [5, 5.41) is 13.5. The average Bonchev–Trinajstić information content (AvgIpc) is 3.16. The van der Waals surface area contributed by atoms with Crippen LogP contribution in [-0.2, 0) is 9.53 Å². The summed E-state index contributed by atoms with van der Waals surface area (Å²) in [6.07, 6.45) is 3.19. The summed E-state index contributed by atoms with van der Waals surface area (Å²) >= 11 is 1.62. The number of amides is 1. The highest BCUT2D eigenvalue weighted by Gasteiger charge is 2.41. The Morgan fingerprint density at radius 3 is 2.41 bits per heavy atom. The van der Waals surface area contributed by atoms with Crippen LogP contribution in [0.2, 0.25) is 0 Å². The maximum absolute atomic E-state index is 12.7. The minimum Gasteiger partial charge on any atom is -0.497 e. The van der Waals surface area contributed by atoms with Crippen molar-refractivity contribution in [2.24, 2.45) is 11.3 Å². The number of ether oxygens (including phenoxy) is 2. The molecule has 1 amide bonds. The molecule has 2 rings (SSSR count). The number of hydrogen-bond donors (Lipinski definition) is 2.